The van der Waals surface area contributed by atoms with Crippen LogP contribution in [0.1, 0.15) is 16.9 Å². The van der Waals surface area contributed by atoms with Crippen LogP contribution in [0, 0.1) is 11.3 Å². The van der Waals surface area contributed by atoms with E-state index in [0.717, 1.165) is 49.7 Å². The van der Waals surface area contributed by atoms with Crippen LogP contribution in [0.25, 0.3) is 11.3 Å². The summed E-state index contributed by atoms with van der Waals surface area (Å²) in [5.74, 6) is 1.66. The van der Waals surface area contributed by atoms with Crippen LogP contribution < -0.4 is 0 Å². The number of furan rings is 1. The molecule has 1 aliphatic rings. The molecular formula is C23H22N2O2. The highest BCUT2D eigenvalue weighted by molar-refractivity contribution is 5.66. The first-order chi connectivity index (χ1) is 13.3. The molecule has 1 aliphatic heterocycles. The van der Waals surface area contributed by atoms with Gasteiger partial charge in [-0.2, -0.15) is 5.26 Å². The molecule has 0 spiro atoms. The first kappa shape index (κ1) is 17.5. The van der Waals surface area contributed by atoms with Crippen molar-refractivity contribution >= 4 is 0 Å². The number of benzene rings is 2. The number of rotatable bonds is 5. The van der Waals surface area contributed by atoms with Crippen molar-refractivity contribution < 1.29 is 9.15 Å². The van der Waals surface area contributed by atoms with E-state index in [2.05, 4.69) is 35.2 Å². The Morgan fingerprint density at radius 3 is 2.67 bits per heavy atom. The van der Waals surface area contributed by atoms with Crippen molar-refractivity contribution in [1.29, 1.82) is 5.26 Å². The number of nitriles is 1. The van der Waals surface area contributed by atoms with Gasteiger partial charge in [0.25, 0.3) is 0 Å². The summed E-state index contributed by atoms with van der Waals surface area (Å²) in [4.78, 5) is 2.37. The first-order valence-corrected chi connectivity index (χ1v) is 9.28. The number of hydrogen-bond donors (Lipinski definition) is 0. The summed E-state index contributed by atoms with van der Waals surface area (Å²) in [5, 5.41) is 9.28. The van der Waals surface area contributed by atoms with Crippen LogP contribution in [0.2, 0.25) is 0 Å². The molecule has 1 aromatic heterocycles. The Labute approximate surface area is 159 Å². The minimum atomic E-state index is 0.204. The lowest BCUT2D eigenvalue weighted by Crippen LogP contribution is -2.42. The Hall–Kier alpha value is -2.87. The van der Waals surface area contributed by atoms with Gasteiger partial charge >= 0.3 is 0 Å². The van der Waals surface area contributed by atoms with Gasteiger partial charge in [-0.3, -0.25) is 4.90 Å². The summed E-state index contributed by atoms with van der Waals surface area (Å²) in [7, 11) is 0. The van der Waals surface area contributed by atoms with Gasteiger partial charge in [0.2, 0.25) is 0 Å². The first-order valence-electron chi connectivity index (χ1n) is 9.28. The molecule has 4 rings (SSSR count). The SMILES string of the molecule is N#Cc1ccccc1-c1ccc(CN2CCOC(Cc3ccccc3)C2)o1. The summed E-state index contributed by atoms with van der Waals surface area (Å²) < 4.78 is 12.0. The Morgan fingerprint density at radius 1 is 1.00 bits per heavy atom. The third-order valence-electron chi connectivity index (χ3n) is 4.88. The highest BCUT2D eigenvalue weighted by Crippen LogP contribution is 2.26. The van der Waals surface area contributed by atoms with E-state index in [1.54, 1.807) is 0 Å². The molecule has 0 bridgehead atoms. The maximum absolute atomic E-state index is 9.28. The van der Waals surface area contributed by atoms with Crippen LogP contribution in [0.15, 0.2) is 71.1 Å². The van der Waals surface area contributed by atoms with Crippen molar-refractivity contribution in [2.24, 2.45) is 0 Å². The minimum absolute atomic E-state index is 0.204. The van der Waals surface area contributed by atoms with Crippen LogP contribution in [-0.2, 0) is 17.7 Å². The number of ether oxygens (including phenoxy) is 1. The zero-order chi connectivity index (χ0) is 18.5. The van der Waals surface area contributed by atoms with E-state index in [0.29, 0.717) is 5.56 Å². The van der Waals surface area contributed by atoms with E-state index >= 15 is 0 Å². The Morgan fingerprint density at radius 2 is 1.81 bits per heavy atom. The molecule has 4 nitrogen and oxygen atoms in total. The van der Waals surface area contributed by atoms with Crippen LogP contribution in [-0.4, -0.2) is 30.7 Å². The van der Waals surface area contributed by atoms with Crippen molar-refractivity contribution in [2.45, 2.75) is 19.1 Å². The zero-order valence-electron chi connectivity index (χ0n) is 15.2. The van der Waals surface area contributed by atoms with E-state index < -0.39 is 0 Å². The van der Waals surface area contributed by atoms with Crippen molar-refractivity contribution in [3.05, 3.63) is 83.6 Å². The van der Waals surface area contributed by atoms with Crippen molar-refractivity contribution in [2.75, 3.05) is 19.7 Å². The van der Waals surface area contributed by atoms with Gasteiger partial charge in [0.15, 0.2) is 0 Å². The average Bonchev–Trinajstić information content (AvgIpc) is 3.17. The van der Waals surface area contributed by atoms with Crippen molar-refractivity contribution in [1.82, 2.24) is 4.90 Å². The third-order valence-corrected chi connectivity index (χ3v) is 4.88. The molecule has 4 heteroatoms. The second-order valence-corrected chi connectivity index (χ2v) is 6.84. The van der Waals surface area contributed by atoms with Gasteiger partial charge in [0, 0.05) is 18.7 Å². The normalized spacial score (nSPS) is 17.5. The quantitative estimate of drug-likeness (QED) is 0.684. The van der Waals surface area contributed by atoms with Crippen LogP contribution in [0.4, 0.5) is 0 Å². The fraction of sp³-hybridized carbons (Fsp3) is 0.261. The van der Waals surface area contributed by atoms with Gasteiger partial charge < -0.3 is 9.15 Å². The summed E-state index contributed by atoms with van der Waals surface area (Å²) in [5.41, 5.74) is 2.78. The minimum Gasteiger partial charge on any atom is -0.460 e. The Balaban J connectivity index is 1.41. The van der Waals surface area contributed by atoms with E-state index in [1.807, 2.05) is 42.5 Å². The fourth-order valence-corrected chi connectivity index (χ4v) is 3.55. The second-order valence-electron chi connectivity index (χ2n) is 6.84. The molecule has 1 unspecified atom stereocenters. The molecule has 0 aliphatic carbocycles. The van der Waals surface area contributed by atoms with E-state index in [9.17, 15) is 5.26 Å². The number of nitrogens with zero attached hydrogens (tertiary/aromatic N) is 2. The van der Waals surface area contributed by atoms with E-state index in [1.165, 1.54) is 5.56 Å². The van der Waals surface area contributed by atoms with Gasteiger partial charge in [-0.05, 0) is 36.2 Å². The molecule has 1 atom stereocenters. The molecule has 0 N–H and O–H groups in total. The summed E-state index contributed by atoms with van der Waals surface area (Å²) >= 11 is 0. The molecule has 0 amide bonds. The topological polar surface area (TPSA) is 49.4 Å². The Bertz CT molecular complexity index is 927. The van der Waals surface area contributed by atoms with Gasteiger partial charge in [-0.15, -0.1) is 0 Å². The molecule has 2 aromatic carbocycles. The fourth-order valence-electron chi connectivity index (χ4n) is 3.55. The van der Waals surface area contributed by atoms with Crippen LogP contribution in [0.5, 0.6) is 0 Å². The van der Waals surface area contributed by atoms with Crippen LogP contribution >= 0.6 is 0 Å². The second kappa shape index (κ2) is 8.22. The lowest BCUT2D eigenvalue weighted by molar-refractivity contribution is -0.0321. The van der Waals surface area contributed by atoms with Gasteiger partial charge in [-0.1, -0.05) is 42.5 Å². The van der Waals surface area contributed by atoms with Gasteiger partial charge in [0.1, 0.15) is 11.5 Å². The molecule has 1 fully saturated rings. The molecule has 0 radical (unpaired) electrons. The van der Waals surface area contributed by atoms with Gasteiger partial charge in [0.05, 0.1) is 30.9 Å². The highest BCUT2D eigenvalue weighted by Gasteiger charge is 2.22. The average molecular weight is 358 g/mol. The zero-order valence-corrected chi connectivity index (χ0v) is 15.2. The summed E-state index contributed by atoms with van der Waals surface area (Å²) in [6.07, 6.45) is 1.13. The molecule has 27 heavy (non-hydrogen) atoms. The molecule has 0 saturated carbocycles. The van der Waals surface area contributed by atoms with E-state index in [4.69, 9.17) is 9.15 Å². The molecule has 136 valence electrons. The standard InChI is InChI=1S/C23H22N2O2/c24-15-19-8-4-5-9-22(19)23-11-10-20(27-23)16-25-12-13-26-21(17-25)14-18-6-2-1-3-7-18/h1-11,21H,12-14,16-17H2. The lowest BCUT2D eigenvalue weighted by atomic mass is 10.1. The monoisotopic (exact) mass is 358 g/mol. The number of morpholine rings is 1. The third kappa shape index (κ3) is 4.28. The molecule has 3 aromatic rings. The smallest absolute Gasteiger partial charge is 0.135 e. The highest BCUT2D eigenvalue weighted by atomic mass is 16.5. The van der Waals surface area contributed by atoms with Gasteiger partial charge in [-0.25, -0.2) is 0 Å². The predicted octanol–water partition coefficient (Wildman–Crippen LogP) is 4.26. The molecule has 2 heterocycles. The van der Waals surface area contributed by atoms with Crippen LogP contribution in [0.3, 0.4) is 0 Å². The Kier molecular flexibility index (Phi) is 5.34. The van der Waals surface area contributed by atoms with Crippen molar-refractivity contribution in [3.63, 3.8) is 0 Å². The van der Waals surface area contributed by atoms with E-state index in [-0.39, 0.29) is 6.10 Å². The maximum Gasteiger partial charge on any atom is 0.135 e. The summed E-state index contributed by atoms with van der Waals surface area (Å²) in [6, 6.07) is 24.2. The predicted molar refractivity (Wildman–Crippen MR) is 104 cm³/mol. The lowest BCUT2D eigenvalue weighted by Gasteiger charge is -2.32. The molecular weight excluding hydrogens is 336 g/mol. The van der Waals surface area contributed by atoms with Crippen molar-refractivity contribution in [3.8, 4) is 17.4 Å². The maximum atomic E-state index is 9.28. The summed E-state index contributed by atoms with van der Waals surface area (Å²) in [6.45, 7) is 3.28. The molecule has 1 saturated heterocycles. The largest absolute Gasteiger partial charge is 0.460 e. The number of hydrogen-bond acceptors (Lipinski definition) is 4.